The lowest BCUT2D eigenvalue weighted by Gasteiger charge is -2.33. The maximum absolute atomic E-state index is 12.9. The van der Waals surface area contributed by atoms with Crippen molar-refractivity contribution in [3.63, 3.8) is 0 Å². The van der Waals surface area contributed by atoms with E-state index in [0.29, 0.717) is 22.4 Å². The summed E-state index contributed by atoms with van der Waals surface area (Å²) in [5.74, 6) is -1.03. The highest BCUT2D eigenvalue weighted by Gasteiger charge is 2.39. The van der Waals surface area contributed by atoms with Crippen molar-refractivity contribution < 1.29 is 27.2 Å². The van der Waals surface area contributed by atoms with Crippen LogP contribution in [0, 0.1) is 0 Å². The number of furan rings is 1. The molecule has 2 aliphatic rings. The minimum Gasteiger partial charge on any atom is -0.450 e. The quantitative estimate of drug-likeness (QED) is 0.664. The number of fused-ring (bicyclic) bond motifs is 1. The van der Waals surface area contributed by atoms with Crippen molar-refractivity contribution in [1.29, 1.82) is 0 Å². The number of benzene rings is 1. The van der Waals surface area contributed by atoms with Crippen molar-refractivity contribution >= 4 is 44.3 Å². The molecule has 0 bridgehead atoms. The molecule has 9 heteroatoms. The number of hydrogen-bond acceptors (Lipinski definition) is 6. The molecule has 1 saturated heterocycles. The minimum atomic E-state index is -3.12. The molecule has 2 fully saturated rings. The molecule has 1 aliphatic heterocycles. The topological polar surface area (TPSA) is 93.9 Å². The molecule has 2 heterocycles. The van der Waals surface area contributed by atoms with Gasteiger partial charge >= 0.3 is 5.97 Å². The molecule has 1 atom stereocenters. The predicted octanol–water partition coefficient (Wildman–Crippen LogP) is 3.20. The smallest absolute Gasteiger partial charge is 0.374 e. The summed E-state index contributed by atoms with van der Waals surface area (Å²) in [5.41, 5.74) is 0.497. The van der Waals surface area contributed by atoms with E-state index in [2.05, 4.69) is 0 Å². The number of sulfone groups is 1. The number of esters is 1. The summed E-state index contributed by atoms with van der Waals surface area (Å²) in [5, 5.41) is 1.19. The van der Waals surface area contributed by atoms with E-state index in [-0.39, 0.29) is 35.3 Å². The van der Waals surface area contributed by atoms with Gasteiger partial charge in [-0.1, -0.05) is 24.4 Å². The fourth-order valence-electron chi connectivity index (χ4n) is 4.27. The summed E-state index contributed by atoms with van der Waals surface area (Å²) in [6.07, 6.45) is 4.15. The number of amides is 1. The summed E-state index contributed by atoms with van der Waals surface area (Å²) in [7, 11) is -3.12. The second-order valence-corrected chi connectivity index (χ2v) is 10.3. The molecule has 0 spiro atoms. The van der Waals surface area contributed by atoms with E-state index in [1.807, 2.05) is 0 Å². The van der Waals surface area contributed by atoms with Crippen LogP contribution in [-0.4, -0.2) is 55.4 Å². The normalized spacial score (nSPS) is 21.5. The Labute approximate surface area is 173 Å². The fraction of sp³-hybridized carbons (Fsp3) is 0.500. The van der Waals surface area contributed by atoms with Gasteiger partial charge in [0.1, 0.15) is 5.58 Å². The zero-order valence-electron chi connectivity index (χ0n) is 15.8. The Morgan fingerprint density at radius 1 is 1.14 bits per heavy atom. The molecule has 2 aromatic rings. The van der Waals surface area contributed by atoms with E-state index < -0.39 is 22.4 Å². The average molecular weight is 440 g/mol. The van der Waals surface area contributed by atoms with Crippen LogP contribution in [0.15, 0.2) is 28.7 Å². The van der Waals surface area contributed by atoms with Crippen molar-refractivity contribution in [2.75, 3.05) is 18.1 Å². The number of hydrogen-bond donors (Lipinski definition) is 0. The van der Waals surface area contributed by atoms with Crippen LogP contribution in [-0.2, 0) is 19.4 Å². The van der Waals surface area contributed by atoms with Gasteiger partial charge in [0.25, 0.3) is 5.91 Å². The van der Waals surface area contributed by atoms with Crippen LogP contribution >= 0.6 is 11.6 Å². The molecular weight excluding hydrogens is 418 g/mol. The Bertz CT molecular complexity index is 1040. The van der Waals surface area contributed by atoms with Crippen molar-refractivity contribution in [1.82, 2.24) is 4.90 Å². The van der Waals surface area contributed by atoms with Crippen molar-refractivity contribution in [2.45, 2.75) is 44.2 Å². The van der Waals surface area contributed by atoms with E-state index >= 15 is 0 Å². The zero-order chi connectivity index (χ0) is 20.6. The summed E-state index contributed by atoms with van der Waals surface area (Å²) >= 11 is 5.94. The molecule has 1 amide bonds. The maximum atomic E-state index is 12.9. The second-order valence-electron chi connectivity index (χ2n) is 7.67. The summed E-state index contributed by atoms with van der Waals surface area (Å²) in [4.78, 5) is 26.9. The molecule has 1 aromatic carbocycles. The first kappa shape index (κ1) is 20.2. The predicted molar refractivity (Wildman–Crippen MR) is 108 cm³/mol. The lowest BCUT2D eigenvalue weighted by atomic mass is 10.1. The maximum Gasteiger partial charge on any atom is 0.374 e. The second kappa shape index (κ2) is 7.99. The molecule has 1 saturated carbocycles. The summed E-state index contributed by atoms with van der Waals surface area (Å²) < 4.78 is 34.5. The van der Waals surface area contributed by atoms with Crippen molar-refractivity contribution in [3.05, 3.63) is 35.0 Å². The van der Waals surface area contributed by atoms with Crippen LogP contribution in [0.2, 0.25) is 5.02 Å². The summed E-state index contributed by atoms with van der Waals surface area (Å²) in [6, 6.07) is 6.16. The third kappa shape index (κ3) is 4.43. The molecule has 1 unspecified atom stereocenters. The van der Waals surface area contributed by atoms with Crippen LogP contribution in [0.4, 0.5) is 0 Å². The van der Waals surface area contributed by atoms with Gasteiger partial charge in [-0.05, 0) is 43.5 Å². The fourth-order valence-corrected chi connectivity index (χ4v) is 6.16. The average Bonchev–Trinajstić information content (AvgIpc) is 3.40. The number of nitrogens with zero attached hydrogens (tertiary/aromatic N) is 1. The molecule has 7 nitrogen and oxygen atoms in total. The van der Waals surface area contributed by atoms with Crippen LogP contribution in [0.3, 0.4) is 0 Å². The van der Waals surface area contributed by atoms with Gasteiger partial charge in [0.05, 0.1) is 11.5 Å². The number of rotatable bonds is 5. The molecule has 0 radical (unpaired) electrons. The van der Waals surface area contributed by atoms with Gasteiger partial charge in [-0.3, -0.25) is 4.79 Å². The molecule has 1 aliphatic carbocycles. The minimum absolute atomic E-state index is 0.00726. The number of carbonyl (C=O) groups is 2. The van der Waals surface area contributed by atoms with Crippen molar-refractivity contribution in [3.8, 4) is 0 Å². The molecule has 4 rings (SSSR count). The van der Waals surface area contributed by atoms with Gasteiger partial charge < -0.3 is 14.1 Å². The van der Waals surface area contributed by atoms with Gasteiger partial charge in [0.15, 0.2) is 16.4 Å². The Hall–Kier alpha value is -2.06. The molecular formula is C20H22ClNO6S. The van der Waals surface area contributed by atoms with Crippen LogP contribution < -0.4 is 0 Å². The van der Waals surface area contributed by atoms with Gasteiger partial charge in [-0.15, -0.1) is 0 Å². The van der Waals surface area contributed by atoms with E-state index in [4.69, 9.17) is 20.8 Å². The summed E-state index contributed by atoms with van der Waals surface area (Å²) in [6.45, 7) is -0.441. The third-order valence-electron chi connectivity index (χ3n) is 5.61. The first-order valence-electron chi connectivity index (χ1n) is 9.70. The third-order valence-corrected chi connectivity index (χ3v) is 7.60. The Balaban J connectivity index is 1.44. The Morgan fingerprint density at radius 3 is 2.59 bits per heavy atom. The van der Waals surface area contributed by atoms with Gasteiger partial charge in [-0.25, -0.2) is 13.2 Å². The van der Waals surface area contributed by atoms with E-state index in [1.54, 1.807) is 23.1 Å². The Morgan fingerprint density at radius 2 is 1.90 bits per heavy atom. The largest absolute Gasteiger partial charge is 0.450 e. The number of ether oxygens (including phenoxy) is 1. The highest BCUT2D eigenvalue weighted by Crippen LogP contribution is 2.29. The van der Waals surface area contributed by atoms with Gasteiger partial charge in [0.2, 0.25) is 5.76 Å². The number of halogens is 1. The first-order chi connectivity index (χ1) is 13.8. The van der Waals surface area contributed by atoms with E-state index in [1.165, 1.54) is 6.07 Å². The van der Waals surface area contributed by atoms with Crippen LogP contribution in [0.25, 0.3) is 11.0 Å². The van der Waals surface area contributed by atoms with Gasteiger partial charge in [-0.2, -0.15) is 0 Å². The lowest BCUT2D eigenvalue weighted by Crippen LogP contribution is -2.48. The monoisotopic (exact) mass is 439 g/mol. The van der Waals surface area contributed by atoms with Crippen LogP contribution in [0.5, 0.6) is 0 Å². The first-order valence-corrected chi connectivity index (χ1v) is 11.9. The van der Waals surface area contributed by atoms with E-state index in [9.17, 15) is 18.0 Å². The lowest BCUT2D eigenvalue weighted by molar-refractivity contribution is -0.139. The molecule has 156 valence electrons. The highest BCUT2D eigenvalue weighted by molar-refractivity contribution is 7.91. The van der Waals surface area contributed by atoms with Crippen LogP contribution in [0.1, 0.15) is 42.7 Å². The Kier molecular flexibility index (Phi) is 5.57. The highest BCUT2D eigenvalue weighted by atomic mass is 35.5. The van der Waals surface area contributed by atoms with Gasteiger partial charge in [0, 0.05) is 22.5 Å². The molecule has 0 N–H and O–H groups in total. The number of carbonyl (C=O) groups excluding carboxylic acids is 2. The standard InChI is InChI=1S/C20H22ClNO6S/c21-14-5-6-17-13(9-14)10-18(28-17)20(24)27-11-19(23)22(15-3-1-2-4-15)16-7-8-29(25,26)12-16/h5-6,9-10,15-16H,1-4,7-8,11-12H2. The van der Waals surface area contributed by atoms with E-state index in [0.717, 1.165) is 25.7 Å². The molecule has 29 heavy (non-hydrogen) atoms. The van der Waals surface area contributed by atoms with Crippen molar-refractivity contribution in [2.24, 2.45) is 0 Å². The SMILES string of the molecule is O=C(OCC(=O)N(C1CCCC1)C1CCS(=O)(=O)C1)c1cc2cc(Cl)ccc2o1. The molecule has 1 aromatic heterocycles. The zero-order valence-corrected chi connectivity index (χ0v) is 17.4.